The molecule has 4 aromatic rings. The maximum Gasteiger partial charge on any atom is 0.238 e. The lowest BCUT2D eigenvalue weighted by Gasteiger charge is -2.19. The van der Waals surface area contributed by atoms with E-state index in [1.165, 1.54) is 0 Å². The van der Waals surface area contributed by atoms with Gasteiger partial charge in [0.15, 0.2) is 11.5 Å². The minimum atomic E-state index is -0.247. The normalized spacial score (nSPS) is 17.3. The van der Waals surface area contributed by atoms with Crippen LogP contribution in [-0.4, -0.2) is 28.0 Å². The van der Waals surface area contributed by atoms with Gasteiger partial charge in [-0.3, -0.25) is 4.79 Å². The fourth-order valence-corrected chi connectivity index (χ4v) is 5.61. The summed E-state index contributed by atoms with van der Waals surface area (Å²) in [5, 5.41) is 7.63. The molecular weight excluding hydrogens is 458 g/mol. The highest BCUT2D eigenvalue weighted by molar-refractivity contribution is 8.01. The molecule has 178 valence electrons. The fraction of sp³-hybridized carbons (Fsp3) is 0.214. The van der Waals surface area contributed by atoms with Crippen molar-refractivity contribution in [3.05, 3.63) is 95.2 Å². The van der Waals surface area contributed by atoms with Crippen molar-refractivity contribution in [2.24, 2.45) is 0 Å². The summed E-state index contributed by atoms with van der Waals surface area (Å²) in [4.78, 5) is 13.0. The zero-order valence-corrected chi connectivity index (χ0v) is 20.9. The molecule has 6 nitrogen and oxygen atoms in total. The topological polar surface area (TPSA) is 65.4 Å². The summed E-state index contributed by atoms with van der Waals surface area (Å²) < 4.78 is 13.6. The van der Waals surface area contributed by atoms with Crippen molar-refractivity contribution in [1.82, 2.24) is 9.78 Å². The number of carbonyl (C=O) groups excluding carboxylic acids is 1. The van der Waals surface area contributed by atoms with Crippen LogP contribution in [0.2, 0.25) is 0 Å². The van der Waals surface area contributed by atoms with E-state index in [2.05, 4.69) is 5.32 Å². The summed E-state index contributed by atoms with van der Waals surface area (Å²) in [6.45, 7) is 5.97. The molecule has 2 atom stereocenters. The van der Waals surface area contributed by atoms with E-state index >= 15 is 0 Å². The second-order valence-corrected chi connectivity index (χ2v) is 9.97. The maximum atomic E-state index is 13.0. The van der Waals surface area contributed by atoms with E-state index in [0.29, 0.717) is 17.3 Å². The summed E-state index contributed by atoms with van der Waals surface area (Å²) in [6.07, 6.45) is 0. The number of benzene rings is 3. The number of thioether (sulfide) groups is 1. The highest BCUT2D eigenvalue weighted by Crippen LogP contribution is 2.48. The molecular formula is C28H27N3O3S. The summed E-state index contributed by atoms with van der Waals surface area (Å²) in [5.74, 6) is 2.68. The molecule has 5 rings (SSSR count). The number of hydrogen-bond acceptors (Lipinski definition) is 5. The molecule has 35 heavy (non-hydrogen) atoms. The van der Waals surface area contributed by atoms with Crippen molar-refractivity contribution in [3.8, 4) is 22.9 Å². The summed E-state index contributed by atoms with van der Waals surface area (Å²) in [5.41, 5.74) is 4.91. The zero-order valence-electron chi connectivity index (χ0n) is 20.1. The van der Waals surface area contributed by atoms with Crippen LogP contribution in [0.15, 0.2) is 72.8 Å². The molecule has 1 aliphatic heterocycles. The number of nitrogens with zero attached hydrogens (tertiary/aromatic N) is 2. The summed E-state index contributed by atoms with van der Waals surface area (Å²) in [6, 6.07) is 23.6. The third kappa shape index (κ3) is 4.39. The van der Waals surface area contributed by atoms with Crippen molar-refractivity contribution < 1.29 is 14.3 Å². The Bertz CT molecular complexity index is 1380. The first-order valence-corrected chi connectivity index (χ1v) is 12.4. The van der Waals surface area contributed by atoms with Crippen molar-refractivity contribution >= 4 is 23.5 Å². The van der Waals surface area contributed by atoms with Gasteiger partial charge in [0, 0.05) is 5.56 Å². The van der Waals surface area contributed by atoms with Crippen LogP contribution in [0.4, 0.5) is 5.82 Å². The third-order valence-electron chi connectivity index (χ3n) is 6.13. The van der Waals surface area contributed by atoms with Gasteiger partial charge in [-0.2, -0.15) is 5.10 Å². The molecule has 0 unspecified atom stereocenters. The number of carbonyl (C=O) groups is 1. The van der Waals surface area contributed by atoms with Crippen LogP contribution < -0.4 is 14.8 Å². The highest BCUT2D eigenvalue weighted by Gasteiger charge is 2.34. The lowest BCUT2D eigenvalue weighted by Crippen LogP contribution is -2.22. The number of fused-ring (bicyclic) bond motifs is 1. The van der Waals surface area contributed by atoms with Gasteiger partial charge in [-0.25, -0.2) is 4.68 Å². The van der Waals surface area contributed by atoms with Gasteiger partial charge < -0.3 is 14.8 Å². The van der Waals surface area contributed by atoms with E-state index in [1.807, 2.05) is 98.2 Å². The van der Waals surface area contributed by atoms with Crippen molar-refractivity contribution in [2.75, 3.05) is 12.4 Å². The summed E-state index contributed by atoms with van der Waals surface area (Å²) in [7, 11) is 1.64. The minimum absolute atomic E-state index is 0.0375. The lowest BCUT2D eigenvalue weighted by atomic mass is 10.0. The maximum absolute atomic E-state index is 13.0. The van der Waals surface area contributed by atoms with E-state index in [9.17, 15) is 4.79 Å². The number of amides is 1. The highest BCUT2D eigenvalue weighted by atomic mass is 32.2. The van der Waals surface area contributed by atoms with Crippen molar-refractivity contribution in [1.29, 1.82) is 0 Å². The van der Waals surface area contributed by atoms with Gasteiger partial charge in [0.25, 0.3) is 0 Å². The number of hydrogen-bond donors (Lipinski definition) is 1. The van der Waals surface area contributed by atoms with Gasteiger partial charge in [0.2, 0.25) is 5.91 Å². The molecule has 7 heteroatoms. The molecule has 1 aliphatic rings. The zero-order chi connectivity index (χ0) is 24.5. The minimum Gasteiger partial charge on any atom is -0.493 e. The SMILES string of the molecule is COc1cc([C@H]2S[C@@H](C)C(=O)Nc3c2c(C)nn3-c2ccccc2C)ccc1Oc1ccccc1. The molecule has 0 saturated heterocycles. The molecule has 0 radical (unpaired) electrons. The van der Waals surface area contributed by atoms with Gasteiger partial charge in [-0.1, -0.05) is 42.5 Å². The first-order chi connectivity index (χ1) is 17.0. The van der Waals surface area contributed by atoms with E-state index in [-0.39, 0.29) is 16.4 Å². The number of nitrogens with one attached hydrogen (secondary N) is 1. The Labute approximate surface area is 209 Å². The molecule has 0 saturated carbocycles. The second-order valence-electron chi connectivity index (χ2n) is 8.52. The quantitative estimate of drug-likeness (QED) is 0.352. The third-order valence-corrected chi connectivity index (χ3v) is 7.53. The predicted octanol–water partition coefficient (Wildman–Crippen LogP) is 6.45. The number of methoxy groups -OCH3 is 1. The Morgan fingerprint density at radius 1 is 0.971 bits per heavy atom. The fourth-order valence-electron chi connectivity index (χ4n) is 4.29. The van der Waals surface area contributed by atoms with Crippen LogP contribution in [-0.2, 0) is 4.79 Å². The number of para-hydroxylation sites is 2. The van der Waals surface area contributed by atoms with Gasteiger partial charge in [-0.15, -0.1) is 11.8 Å². The Morgan fingerprint density at radius 2 is 1.71 bits per heavy atom. The first kappa shape index (κ1) is 23.1. The van der Waals surface area contributed by atoms with E-state index in [0.717, 1.165) is 33.8 Å². The standard InChI is InChI=1S/C28H27N3O3S/c1-17-10-8-9-13-22(17)31-27-25(18(2)30-31)26(35-19(3)28(32)29-27)20-14-15-23(24(16-20)33-4)34-21-11-6-5-7-12-21/h5-16,19,26H,1-4H3,(H,29,32)/t19-,26+/m0/s1. The Morgan fingerprint density at radius 3 is 2.46 bits per heavy atom. The van der Waals surface area contributed by atoms with Crippen molar-refractivity contribution in [2.45, 2.75) is 31.3 Å². The molecule has 0 spiro atoms. The second kappa shape index (κ2) is 9.50. The van der Waals surface area contributed by atoms with Gasteiger partial charge in [0.05, 0.1) is 29.0 Å². The van der Waals surface area contributed by atoms with Crippen LogP contribution in [0.3, 0.4) is 0 Å². The predicted molar refractivity (Wildman–Crippen MR) is 140 cm³/mol. The first-order valence-electron chi connectivity index (χ1n) is 11.5. The Balaban J connectivity index is 1.60. The molecule has 1 aromatic heterocycles. The van der Waals surface area contributed by atoms with E-state index < -0.39 is 0 Å². The Kier molecular flexibility index (Phi) is 6.26. The average Bonchev–Trinajstić information content (AvgIpc) is 3.11. The van der Waals surface area contributed by atoms with Gasteiger partial charge in [-0.05, 0) is 62.2 Å². The number of rotatable bonds is 5. The lowest BCUT2D eigenvalue weighted by molar-refractivity contribution is -0.115. The van der Waals surface area contributed by atoms with Crippen molar-refractivity contribution in [3.63, 3.8) is 0 Å². The molecule has 0 fully saturated rings. The molecule has 1 N–H and O–H groups in total. The molecule has 1 amide bonds. The molecule has 0 aliphatic carbocycles. The number of aryl methyl sites for hydroxylation is 2. The monoisotopic (exact) mass is 485 g/mol. The molecule has 3 aromatic carbocycles. The van der Waals surface area contributed by atoms with Gasteiger partial charge >= 0.3 is 0 Å². The largest absolute Gasteiger partial charge is 0.493 e. The molecule has 0 bridgehead atoms. The number of anilines is 1. The van der Waals surface area contributed by atoms with Crippen LogP contribution in [0, 0.1) is 13.8 Å². The molecule has 2 heterocycles. The Hall–Kier alpha value is -3.71. The smallest absolute Gasteiger partial charge is 0.238 e. The van der Waals surface area contributed by atoms with E-state index in [1.54, 1.807) is 18.9 Å². The van der Waals surface area contributed by atoms with Crippen LogP contribution >= 0.6 is 11.8 Å². The average molecular weight is 486 g/mol. The van der Waals surface area contributed by atoms with Crippen LogP contribution in [0.5, 0.6) is 17.2 Å². The van der Waals surface area contributed by atoms with Crippen LogP contribution in [0.1, 0.15) is 34.6 Å². The van der Waals surface area contributed by atoms with E-state index in [4.69, 9.17) is 14.6 Å². The van der Waals surface area contributed by atoms with Gasteiger partial charge in [0.1, 0.15) is 11.6 Å². The number of ether oxygens (including phenoxy) is 2. The summed E-state index contributed by atoms with van der Waals surface area (Å²) >= 11 is 1.61. The number of aromatic nitrogens is 2. The van der Waals surface area contributed by atoms with Crippen LogP contribution in [0.25, 0.3) is 5.69 Å².